The highest BCUT2D eigenvalue weighted by Gasteiger charge is 2.13. The molecule has 0 aliphatic carbocycles. The van der Waals surface area contributed by atoms with Crippen LogP contribution in [0.2, 0.25) is 0 Å². The minimum Gasteiger partial charge on any atom is -0.493 e. The molecule has 132 valence electrons. The van der Waals surface area contributed by atoms with E-state index in [9.17, 15) is 9.59 Å². The van der Waals surface area contributed by atoms with E-state index >= 15 is 0 Å². The van der Waals surface area contributed by atoms with E-state index in [1.54, 1.807) is 42.5 Å². The maximum atomic E-state index is 12.4. The molecule has 0 unspecified atom stereocenters. The molecule has 0 heterocycles. The predicted molar refractivity (Wildman–Crippen MR) is 94.2 cm³/mol. The fraction of sp³-hybridized carbons (Fsp3) is 0.263. The highest BCUT2D eigenvalue weighted by molar-refractivity contribution is 6.06. The van der Waals surface area contributed by atoms with E-state index in [4.69, 9.17) is 14.2 Å². The summed E-state index contributed by atoms with van der Waals surface area (Å²) < 4.78 is 15.3. The van der Waals surface area contributed by atoms with Gasteiger partial charge in [-0.15, -0.1) is 0 Å². The van der Waals surface area contributed by atoms with Gasteiger partial charge in [-0.05, 0) is 43.3 Å². The Labute approximate surface area is 146 Å². The van der Waals surface area contributed by atoms with Crippen LogP contribution in [-0.2, 0) is 9.47 Å². The van der Waals surface area contributed by atoms with Crippen LogP contribution in [-0.4, -0.2) is 38.8 Å². The van der Waals surface area contributed by atoms with Gasteiger partial charge in [-0.1, -0.05) is 12.1 Å². The van der Waals surface area contributed by atoms with E-state index in [2.05, 4.69) is 5.32 Å². The summed E-state index contributed by atoms with van der Waals surface area (Å²) in [6.45, 7) is 2.88. The average Bonchev–Trinajstić information content (AvgIpc) is 2.63. The third-order valence-corrected chi connectivity index (χ3v) is 3.33. The monoisotopic (exact) mass is 343 g/mol. The molecule has 2 aromatic carbocycles. The van der Waals surface area contributed by atoms with Crippen molar-refractivity contribution >= 4 is 17.6 Å². The number of rotatable bonds is 8. The number of nitrogens with one attached hydrogen (secondary N) is 1. The van der Waals surface area contributed by atoms with Gasteiger partial charge in [0.25, 0.3) is 5.91 Å². The molecule has 0 saturated carbocycles. The van der Waals surface area contributed by atoms with Crippen molar-refractivity contribution in [1.82, 2.24) is 0 Å². The number of amides is 1. The number of methoxy groups -OCH3 is 1. The topological polar surface area (TPSA) is 73.9 Å². The fourth-order valence-corrected chi connectivity index (χ4v) is 2.12. The SMILES string of the molecule is CCOc1ccccc1C(=O)Nc1ccc(C(=O)OCCOC)cc1. The lowest BCUT2D eigenvalue weighted by atomic mass is 10.1. The van der Waals surface area contributed by atoms with Crippen molar-refractivity contribution in [3.05, 3.63) is 59.7 Å². The summed E-state index contributed by atoms with van der Waals surface area (Å²) in [6.07, 6.45) is 0. The zero-order valence-corrected chi connectivity index (χ0v) is 14.3. The first-order chi connectivity index (χ1) is 12.2. The number of anilines is 1. The average molecular weight is 343 g/mol. The Kier molecular flexibility index (Phi) is 6.98. The Morgan fingerprint density at radius 1 is 1.00 bits per heavy atom. The number of hydrogen-bond acceptors (Lipinski definition) is 5. The van der Waals surface area contributed by atoms with E-state index in [0.717, 1.165) is 0 Å². The summed E-state index contributed by atoms with van der Waals surface area (Å²) in [6, 6.07) is 13.5. The minimum absolute atomic E-state index is 0.196. The van der Waals surface area contributed by atoms with Crippen LogP contribution in [0.3, 0.4) is 0 Å². The van der Waals surface area contributed by atoms with Crippen molar-refractivity contribution in [2.45, 2.75) is 6.92 Å². The summed E-state index contributed by atoms with van der Waals surface area (Å²) in [5, 5.41) is 2.78. The molecule has 0 bridgehead atoms. The zero-order valence-electron chi connectivity index (χ0n) is 14.3. The molecule has 0 aliphatic heterocycles. The molecule has 0 aliphatic rings. The molecule has 0 radical (unpaired) electrons. The summed E-state index contributed by atoms with van der Waals surface area (Å²) in [5.41, 5.74) is 1.43. The van der Waals surface area contributed by atoms with Gasteiger partial charge in [0, 0.05) is 12.8 Å². The van der Waals surface area contributed by atoms with E-state index in [1.807, 2.05) is 13.0 Å². The van der Waals surface area contributed by atoms with Crippen molar-refractivity contribution in [3.8, 4) is 5.75 Å². The largest absolute Gasteiger partial charge is 0.493 e. The van der Waals surface area contributed by atoms with Crippen LogP contribution in [0, 0.1) is 0 Å². The number of carbonyl (C=O) groups excluding carboxylic acids is 2. The molecule has 6 heteroatoms. The van der Waals surface area contributed by atoms with E-state index in [1.165, 1.54) is 7.11 Å². The second-order valence-electron chi connectivity index (χ2n) is 5.09. The molecule has 2 aromatic rings. The molecule has 25 heavy (non-hydrogen) atoms. The Bertz CT molecular complexity index is 712. The lowest BCUT2D eigenvalue weighted by molar-refractivity contribution is 0.0388. The smallest absolute Gasteiger partial charge is 0.338 e. The highest BCUT2D eigenvalue weighted by Crippen LogP contribution is 2.20. The van der Waals surface area contributed by atoms with Crippen LogP contribution in [0.15, 0.2) is 48.5 Å². The van der Waals surface area contributed by atoms with Crippen molar-refractivity contribution in [2.75, 3.05) is 32.2 Å². The van der Waals surface area contributed by atoms with Gasteiger partial charge in [0.1, 0.15) is 12.4 Å². The van der Waals surface area contributed by atoms with Gasteiger partial charge in [-0.3, -0.25) is 4.79 Å². The number of para-hydroxylation sites is 1. The van der Waals surface area contributed by atoms with Gasteiger partial charge in [0.15, 0.2) is 0 Å². The van der Waals surface area contributed by atoms with Gasteiger partial charge in [0.05, 0.1) is 24.3 Å². The van der Waals surface area contributed by atoms with E-state index in [0.29, 0.717) is 35.8 Å². The second-order valence-corrected chi connectivity index (χ2v) is 5.09. The van der Waals surface area contributed by atoms with Crippen LogP contribution < -0.4 is 10.1 Å². The molecule has 0 atom stereocenters. The molecule has 0 fully saturated rings. The molecular weight excluding hydrogens is 322 g/mol. The maximum absolute atomic E-state index is 12.4. The third kappa shape index (κ3) is 5.32. The molecule has 1 N–H and O–H groups in total. The van der Waals surface area contributed by atoms with Crippen LogP contribution >= 0.6 is 0 Å². The van der Waals surface area contributed by atoms with E-state index in [-0.39, 0.29) is 12.5 Å². The number of esters is 1. The fourth-order valence-electron chi connectivity index (χ4n) is 2.12. The molecule has 0 saturated heterocycles. The Morgan fingerprint density at radius 2 is 1.72 bits per heavy atom. The van der Waals surface area contributed by atoms with Crippen LogP contribution in [0.1, 0.15) is 27.6 Å². The van der Waals surface area contributed by atoms with Crippen LogP contribution in [0.25, 0.3) is 0 Å². The van der Waals surface area contributed by atoms with Gasteiger partial charge >= 0.3 is 5.97 Å². The highest BCUT2D eigenvalue weighted by atomic mass is 16.6. The van der Waals surface area contributed by atoms with Gasteiger partial charge in [0.2, 0.25) is 0 Å². The maximum Gasteiger partial charge on any atom is 0.338 e. The molecule has 0 aromatic heterocycles. The van der Waals surface area contributed by atoms with E-state index < -0.39 is 5.97 Å². The van der Waals surface area contributed by atoms with Crippen LogP contribution in [0.4, 0.5) is 5.69 Å². The zero-order chi connectivity index (χ0) is 18.1. The standard InChI is InChI=1S/C19H21NO5/c1-3-24-17-7-5-4-6-16(17)18(21)20-15-10-8-14(9-11-15)19(22)25-13-12-23-2/h4-11H,3,12-13H2,1-2H3,(H,20,21). The lowest BCUT2D eigenvalue weighted by Gasteiger charge is -2.11. The van der Waals surface area contributed by atoms with Crippen molar-refractivity contribution < 1.29 is 23.8 Å². The van der Waals surface area contributed by atoms with Crippen LogP contribution in [0.5, 0.6) is 5.75 Å². The number of hydrogen-bond donors (Lipinski definition) is 1. The molecule has 2 rings (SSSR count). The normalized spacial score (nSPS) is 10.2. The predicted octanol–water partition coefficient (Wildman–Crippen LogP) is 3.14. The third-order valence-electron chi connectivity index (χ3n) is 3.33. The first kappa shape index (κ1) is 18.5. The minimum atomic E-state index is -0.434. The Hall–Kier alpha value is -2.86. The summed E-state index contributed by atoms with van der Waals surface area (Å²) >= 11 is 0. The Balaban J connectivity index is 2.01. The Morgan fingerprint density at radius 3 is 2.40 bits per heavy atom. The lowest BCUT2D eigenvalue weighted by Crippen LogP contribution is -2.14. The van der Waals surface area contributed by atoms with Crippen molar-refractivity contribution in [3.63, 3.8) is 0 Å². The van der Waals surface area contributed by atoms with Gasteiger partial charge < -0.3 is 19.5 Å². The molecule has 1 amide bonds. The van der Waals surface area contributed by atoms with Crippen molar-refractivity contribution in [2.24, 2.45) is 0 Å². The second kappa shape index (κ2) is 9.44. The summed E-state index contributed by atoms with van der Waals surface area (Å²) in [7, 11) is 1.54. The first-order valence-electron chi connectivity index (χ1n) is 7.95. The number of ether oxygens (including phenoxy) is 3. The number of benzene rings is 2. The quantitative estimate of drug-likeness (QED) is 0.589. The number of carbonyl (C=O) groups is 2. The van der Waals surface area contributed by atoms with Crippen molar-refractivity contribution in [1.29, 1.82) is 0 Å². The molecule has 0 spiro atoms. The summed E-state index contributed by atoms with van der Waals surface area (Å²) in [5.74, 6) is -0.183. The summed E-state index contributed by atoms with van der Waals surface area (Å²) in [4.78, 5) is 24.2. The molecular formula is C19H21NO5. The van der Waals surface area contributed by atoms with Gasteiger partial charge in [-0.25, -0.2) is 4.79 Å². The van der Waals surface area contributed by atoms with Gasteiger partial charge in [-0.2, -0.15) is 0 Å². The first-order valence-corrected chi connectivity index (χ1v) is 7.95. The molecule has 6 nitrogen and oxygen atoms in total.